The molecule has 3 nitrogen and oxygen atoms in total. The van der Waals surface area contributed by atoms with Gasteiger partial charge >= 0.3 is 0 Å². The molecule has 0 saturated heterocycles. The van der Waals surface area contributed by atoms with Crippen LogP contribution in [0.1, 0.15) is 45.1 Å². The van der Waals surface area contributed by atoms with E-state index in [1.807, 2.05) is 11.8 Å². The summed E-state index contributed by atoms with van der Waals surface area (Å²) >= 11 is 5.33. The van der Waals surface area contributed by atoms with Crippen molar-refractivity contribution in [2.75, 3.05) is 5.73 Å². The summed E-state index contributed by atoms with van der Waals surface area (Å²) in [7, 11) is 0. The molecule has 1 aromatic heterocycles. The average molecular weight is 318 g/mol. The van der Waals surface area contributed by atoms with Crippen molar-refractivity contribution in [2.24, 2.45) is 0 Å². The number of nitrogen functional groups attached to an aromatic ring is 1. The molecular weight excluding hydrogens is 298 g/mol. The minimum Gasteiger partial charge on any atom is -0.383 e. The molecule has 0 fully saturated rings. The Balaban J connectivity index is 2.79. The summed E-state index contributed by atoms with van der Waals surface area (Å²) < 4.78 is 0.858. The molecule has 0 spiro atoms. The number of anilines is 1. The number of halogens is 1. The molecule has 0 amide bonds. The number of nitrogens with two attached hydrogens (primary N) is 1. The van der Waals surface area contributed by atoms with Crippen LogP contribution < -0.4 is 5.73 Å². The first-order valence-electron chi connectivity index (χ1n) is 6.00. The second-order valence-electron chi connectivity index (χ2n) is 4.07. The Morgan fingerprint density at radius 3 is 2.65 bits per heavy atom. The van der Waals surface area contributed by atoms with Gasteiger partial charge in [-0.05, 0) is 28.8 Å². The van der Waals surface area contributed by atoms with Crippen molar-refractivity contribution in [2.45, 2.75) is 51.0 Å². The fourth-order valence-corrected chi connectivity index (χ4v) is 2.54. The zero-order valence-electron chi connectivity index (χ0n) is 10.7. The van der Waals surface area contributed by atoms with Crippen molar-refractivity contribution in [1.29, 1.82) is 0 Å². The van der Waals surface area contributed by atoms with Crippen LogP contribution in [-0.4, -0.2) is 15.2 Å². The molecule has 1 heterocycles. The molecule has 0 aliphatic heterocycles. The van der Waals surface area contributed by atoms with Crippen molar-refractivity contribution in [3.63, 3.8) is 0 Å². The molecule has 1 aromatic rings. The number of aryl methyl sites for hydroxylation is 1. The molecule has 1 unspecified atom stereocenters. The zero-order chi connectivity index (χ0) is 12.8. The first-order valence-corrected chi connectivity index (χ1v) is 7.85. The lowest BCUT2D eigenvalue weighted by molar-refractivity contribution is 0.846. The second-order valence-corrected chi connectivity index (χ2v) is 6.29. The smallest absolute Gasteiger partial charge is 0.141 e. The highest BCUT2D eigenvalue weighted by molar-refractivity contribution is 9.10. The highest BCUT2D eigenvalue weighted by atomic mass is 79.9. The summed E-state index contributed by atoms with van der Waals surface area (Å²) in [6.45, 7) is 6.55. The third kappa shape index (κ3) is 4.47. The Bertz CT molecular complexity index is 371. The van der Waals surface area contributed by atoms with Gasteiger partial charge in [-0.3, -0.25) is 0 Å². The largest absolute Gasteiger partial charge is 0.383 e. The van der Waals surface area contributed by atoms with E-state index in [-0.39, 0.29) is 0 Å². The van der Waals surface area contributed by atoms with E-state index in [4.69, 9.17) is 5.73 Å². The van der Waals surface area contributed by atoms with Crippen LogP contribution in [0.2, 0.25) is 0 Å². The predicted octanol–water partition coefficient (Wildman–Crippen LogP) is 3.81. The highest BCUT2D eigenvalue weighted by Crippen LogP contribution is 2.24. The molecule has 0 aliphatic carbocycles. The normalized spacial score (nSPS) is 12.7. The third-order valence-corrected chi connectivity index (χ3v) is 4.74. The van der Waals surface area contributed by atoms with Gasteiger partial charge in [0.2, 0.25) is 0 Å². The van der Waals surface area contributed by atoms with Crippen LogP contribution in [-0.2, 0) is 12.2 Å². The Morgan fingerprint density at radius 1 is 1.35 bits per heavy atom. The molecule has 1 atom stereocenters. The van der Waals surface area contributed by atoms with Crippen LogP contribution in [0.4, 0.5) is 5.82 Å². The van der Waals surface area contributed by atoms with Gasteiger partial charge in [-0.1, -0.05) is 27.2 Å². The van der Waals surface area contributed by atoms with Gasteiger partial charge < -0.3 is 5.73 Å². The van der Waals surface area contributed by atoms with Gasteiger partial charge in [0.1, 0.15) is 11.6 Å². The van der Waals surface area contributed by atoms with E-state index >= 15 is 0 Å². The summed E-state index contributed by atoms with van der Waals surface area (Å²) in [6.07, 6.45) is 3.17. The summed E-state index contributed by atoms with van der Waals surface area (Å²) in [5, 5.41) is 0.637. The molecule has 1 rings (SSSR count). The molecule has 0 bridgehead atoms. The quantitative estimate of drug-likeness (QED) is 0.866. The topological polar surface area (TPSA) is 51.8 Å². The fourth-order valence-electron chi connectivity index (χ4n) is 1.37. The molecule has 5 heteroatoms. The number of rotatable bonds is 6. The monoisotopic (exact) mass is 317 g/mol. The molecule has 17 heavy (non-hydrogen) atoms. The summed E-state index contributed by atoms with van der Waals surface area (Å²) in [4.78, 5) is 8.89. The van der Waals surface area contributed by atoms with E-state index in [2.05, 4.69) is 46.7 Å². The average Bonchev–Trinajstić information content (AvgIpc) is 2.32. The molecule has 0 radical (unpaired) electrons. The zero-order valence-corrected chi connectivity index (χ0v) is 13.1. The van der Waals surface area contributed by atoms with Crippen molar-refractivity contribution in [1.82, 2.24) is 9.97 Å². The standard InChI is InChI=1S/C12H20BrN3S/c1-4-6-9-11(13)12(14)16-10(15-9)7-17-8(3)5-2/h8H,4-7H2,1-3H3,(H2,14,15,16). The first kappa shape index (κ1) is 14.8. The van der Waals surface area contributed by atoms with E-state index < -0.39 is 0 Å². The number of nitrogens with zero attached hydrogens (tertiary/aromatic N) is 2. The van der Waals surface area contributed by atoms with Crippen LogP contribution >= 0.6 is 27.7 Å². The Hall–Kier alpha value is -0.290. The van der Waals surface area contributed by atoms with Crippen LogP contribution in [0, 0.1) is 0 Å². The van der Waals surface area contributed by atoms with Gasteiger partial charge in [0, 0.05) is 5.25 Å². The number of aromatic nitrogens is 2. The van der Waals surface area contributed by atoms with Gasteiger partial charge in [-0.25, -0.2) is 9.97 Å². The van der Waals surface area contributed by atoms with Crippen LogP contribution in [0.5, 0.6) is 0 Å². The van der Waals surface area contributed by atoms with E-state index in [1.54, 1.807) is 0 Å². The lowest BCUT2D eigenvalue weighted by Gasteiger charge is -2.10. The van der Waals surface area contributed by atoms with Gasteiger partial charge in [-0.2, -0.15) is 11.8 Å². The maximum atomic E-state index is 5.88. The minimum absolute atomic E-state index is 0.559. The van der Waals surface area contributed by atoms with Gasteiger partial charge in [0.05, 0.1) is 15.9 Å². The van der Waals surface area contributed by atoms with Crippen LogP contribution in [0.15, 0.2) is 4.47 Å². The van der Waals surface area contributed by atoms with Crippen molar-refractivity contribution in [3.05, 3.63) is 16.0 Å². The van der Waals surface area contributed by atoms with Gasteiger partial charge in [0.25, 0.3) is 0 Å². The third-order valence-electron chi connectivity index (χ3n) is 2.55. The van der Waals surface area contributed by atoms with Crippen molar-refractivity contribution < 1.29 is 0 Å². The number of hydrogen-bond acceptors (Lipinski definition) is 4. The van der Waals surface area contributed by atoms with Gasteiger partial charge in [-0.15, -0.1) is 0 Å². The van der Waals surface area contributed by atoms with E-state index in [0.717, 1.165) is 34.6 Å². The number of hydrogen-bond donors (Lipinski definition) is 1. The van der Waals surface area contributed by atoms with Crippen LogP contribution in [0.3, 0.4) is 0 Å². The fraction of sp³-hybridized carbons (Fsp3) is 0.667. The minimum atomic E-state index is 0.559. The van der Waals surface area contributed by atoms with Crippen molar-refractivity contribution >= 4 is 33.5 Å². The van der Waals surface area contributed by atoms with E-state index in [0.29, 0.717) is 11.1 Å². The van der Waals surface area contributed by atoms with Gasteiger partial charge in [0.15, 0.2) is 0 Å². The van der Waals surface area contributed by atoms with E-state index in [9.17, 15) is 0 Å². The Labute approximate surface area is 116 Å². The molecule has 0 saturated carbocycles. The lowest BCUT2D eigenvalue weighted by Crippen LogP contribution is -2.06. The Morgan fingerprint density at radius 2 is 2.06 bits per heavy atom. The summed E-state index contributed by atoms with van der Waals surface area (Å²) in [5.74, 6) is 2.24. The lowest BCUT2D eigenvalue weighted by atomic mass is 10.2. The first-order chi connectivity index (χ1) is 8.08. The number of thioether (sulfide) groups is 1. The maximum Gasteiger partial charge on any atom is 0.141 e. The molecule has 0 aliphatic rings. The Kier molecular flexibility index (Phi) is 6.27. The predicted molar refractivity (Wildman–Crippen MR) is 79.2 cm³/mol. The SMILES string of the molecule is CCCc1nc(CSC(C)CC)nc(N)c1Br. The van der Waals surface area contributed by atoms with Crippen LogP contribution in [0.25, 0.3) is 0 Å². The second kappa shape index (κ2) is 7.21. The maximum absolute atomic E-state index is 5.88. The summed E-state index contributed by atoms with van der Waals surface area (Å²) in [6, 6.07) is 0. The van der Waals surface area contributed by atoms with Crippen molar-refractivity contribution in [3.8, 4) is 0 Å². The molecule has 0 aromatic carbocycles. The van der Waals surface area contributed by atoms with E-state index in [1.165, 1.54) is 6.42 Å². The molecule has 2 N–H and O–H groups in total. The highest BCUT2D eigenvalue weighted by Gasteiger charge is 2.10. The summed E-state index contributed by atoms with van der Waals surface area (Å²) in [5.41, 5.74) is 6.91. The molecule has 96 valence electrons. The molecular formula is C12H20BrN3S.